The predicted molar refractivity (Wildman–Crippen MR) is 85.1 cm³/mol. The summed E-state index contributed by atoms with van der Waals surface area (Å²) < 4.78 is 0. The molecule has 5 nitrogen and oxygen atoms in total. The lowest BCUT2D eigenvalue weighted by atomic mass is 10.0. The maximum Gasteiger partial charge on any atom is 0.165 e. The Balaban J connectivity index is 2.24. The van der Waals surface area contributed by atoms with E-state index in [9.17, 15) is 4.79 Å². The average Bonchev–Trinajstić information content (AvgIpc) is 2.73. The van der Waals surface area contributed by atoms with E-state index in [1.54, 1.807) is 11.3 Å². The van der Waals surface area contributed by atoms with Gasteiger partial charge >= 0.3 is 0 Å². The third-order valence-corrected chi connectivity index (χ3v) is 5.29. The van der Waals surface area contributed by atoms with Crippen LogP contribution in [0, 0.1) is 36.5 Å². The monoisotopic (exact) mass is 318 g/mol. The maximum atomic E-state index is 12.0. The third kappa shape index (κ3) is 3.12. The van der Waals surface area contributed by atoms with Gasteiger partial charge in [-0.2, -0.15) is 5.26 Å². The van der Waals surface area contributed by atoms with Crippen molar-refractivity contribution in [3.8, 4) is 6.07 Å². The molecule has 2 aromatic heterocycles. The molecule has 0 saturated heterocycles. The summed E-state index contributed by atoms with van der Waals surface area (Å²) in [5.74, 6) is -1.08. The van der Waals surface area contributed by atoms with Crippen molar-refractivity contribution in [2.24, 2.45) is 5.92 Å². The van der Waals surface area contributed by atoms with Crippen molar-refractivity contribution in [2.45, 2.75) is 25.8 Å². The van der Waals surface area contributed by atoms with Crippen molar-refractivity contribution in [2.75, 3.05) is 5.75 Å². The molecule has 7 heteroatoms. The summed E-state index contributed by atoms with van der Waals surface area (Å²) in [6.07, 6.45) is 1.49. The summed E-state index contributed by atoms with van der Waals surface area (Å²) in [6, 6.07) is 1.87. The Morgan fingerprint density at radius 3 is 2.86 bits per heavy atom. The summed E-state index contributed by atoms with van der Waals surface area (Å²) in [7, 11) is 0. The van der Waals surface area contributed by atoms with Crippen LogP contribution in [0.4, 0.5) is 0 Å². The Morgan fingerprint density at radius 2 is 2.24 bits per heavy atom. The largest absolute Gasteiger partial charge is 0.308 e. The van der Waals surface area contributed by atoms with Crippen LogP contribution >= 0.6 is 23.1 Å². The third-order valence-electron chi connectivity index (χ3n) is 3.17. The first-order chi connectivity index (χ1) is 9.95. The van der Waals surface area contributed by atoms with Crippen molar-refractivity contribution in [1.82, 2.24) is 9.97 Å². The van der Waals surface area contributed by atoms with Crippen LogP contribution in [0.5, 0.6) is 0 Å². The molecule has 1 N–H and O–H groups in total. The van der Waals surface area contributed by atoms with Crippen LogP contribution in [-0.2, 0) is 4.79 Å². The molecule has 2 heterocycles. The normalized spacial score (nSPS) is 12.1. The number of carbonyl (C=O) groups excluding carboxylic acids is 1. The average molecular weight is 318 g/mol. The molecule has 0 amide bonds. The van der Waals surface area contributed by atoms with E-state index in [0.717, 1.165) is 20.8 Å². The lowest BCUT2D eigenvalue weighted by Crippen LogP contribution is -2.21. The highest BCUT2D eigenvalue weighted by Crippen LogP contribution is 2.34. The molecule has 0 bridgehead atoms. The van der Waals surface area contributed by atoms with Crippen LogP contribution in [0.15, 0.2) is 11.4 Å². The number of carbonyl (C=O) groups is 1. The number of nitrogens with zero attached hydrogens (tertiary/aromatic N) is 3. The number of hydrogen-bond donors (Lipinski definition) is 1. The van der Waals surface area contributed by atoms with Gasteiger partial charge in [-0.05, 0) is 26.3 Å². The highest BCUT2D eigenvalue weighted by molar-refractivity contribution is 8.00. The standard InChI is InChI=1S/C14H14N4OS2/c1-7-9(3)21-14-12(7)13(17-6-18-14)20-5-11(19)10(4-15)8(2)16/h6,10,16H,5H2,1-3H3/t10-/m1/s1. The van der Waals surface area contributed by atoms with E-state index in [1.165, 1.54) is 29.9 Å². The molecule has 1 atom stereocenters. The molecule has 0 saturated carbocycles. The van der Waals surface area contributed by atoms with Gasteiger partial charge in [0, 0.05) is 16.0 Å². The Labute approximate surface area is 130 Å². The zero-order valence-corrected chi connectivity index (χ0v) is 13.6. The minimum Gasteiger partial charge on any atom is -0.308 e. The molecule has 0 fully saturated rings. The zero-order valence-electron chi connectivity index (χ0n) is 11.9. The van der Waals surface area contributed by atoms with Crippen molar-refractivity contribution in [1.29, 1.82) is 10.7 Å². The van der Waals surface area contributed by atoms with Crippen LogP contribution in [0.3, 0.4) is 0 Å². The first kappa shape index (κ1) is 15.6. The fourth-order valence-electron chi connectivity index (χ4n) is 1.89. The Bertz CT molecular complexity index is 760. The molecule has 0 aliphatic heterocycles. The maximum absolute atomic E-state index is 12.0. The number of thioether (sulfide) groups is 1. The Morgan fingerprint density at radius 1 is 1.52 bits per heavy atom. The molecular weight excluding hydrogens is 304 g/mol. The van der Waals surface area contributed by atoms with E-state index in [0.29, 0.717) is 0 Å². The molecule has 21 heavy (non-hydrogen) atoms. The molecule has 2 rings (SSSR count). The molecule has 0 aliphatic rings. The highest BCUT2D eigenvalue weighted by Gasteiger charge is 2.21. The van der Waals surface area contributed by atoms with Gasteiger partial charge in [-0.15, -0.1) is 11.3 Å². The SMILES string of the molecule is CC(=N)[C@@H](C#N)C(=O)CSc1ncnc2sc(C)c(C)c12. The first-order valence-corrected chi connectivity index (χ1v) is 8.06. The molecule has 0 radical (unpaired) electrons. The van der Waals surface area contributed by atoms with E-state index >= 15 is 0 Å². The quantitative estimate of drug-likeness (QED) is 0.519. The van der Waals surface area contributed by atoms with E-state index in [1.807, 2.05) is 19.9 Å². The topological polar surface area (TPSA) is 90.5 Å². The van der Waals surface area contributed by atoms with E-state index in [2.05, 4.69) is 9.97 Å². The smallest absolute Gasteiger partial charge is 0.165 e. The minimum atomic E-state index is -0.958. The highest BCUT2D eigenvalue weighted by atomic mass is 32.2. The molecule has 2 aromatic rings. The van der Waals surface area contributed by atoms with E-state index in [-0.39, 0.29) is 17.2 Å². The van der Waals surface area contributed by atoms with Gasteiger partial charge in [0.2, 0.25) is 0 Å². The number of fused-ring (bicyclic) bond motifs is 1. The summed E-state index contributed by atoms with van der Waals surface area (Å²) in [5.41, 5.74) is 1.21. The Hall–Kier alpha value is -1.78. The van der Waals surface area contributed by atoms with Gasteiger partial charge in [0.05, 0.1) is 11.8 Å². The van der Waals surface area contributed by atoms with Crippen LogP contribution in [-0.4, -0.2) is 27.2 Å². The number of rotatable bonds is 5. The zero-order chi connectivity index (χ0) is 15.6. The number of ketones is 1. The van der Waals surface area contributed by atoms with Crippen LogP contribution < -0.4 is 0 Å². The molecule has 108 valence electrons. The van der Waals surface area contributed by atoms with Crippen LogP contribution in [0.1, 0.15) is 17.4 Å². The second-order valence-corrected chi connectivity index (χ2v) is 6.81. The number of Topliss-reactive ketones (excluding diaryl/α,β-unsaturated/α-hetero) is 1. The summed E-state index contributed by atoms with van der Waals surface area (Å²) in [5, 5.41) is 18.1. The molecule has 0 spiro atoms. The van der Waals surface area contributed by atoms with E-state index < -0.39 is 5.92 Å². The van der Waals surface area contributed by atoms with Gasteiger partial charge in [-0.3, -0.25) is 4.79 Å². The summed E-state index contributed by atoms with van der Waals surface area (Å²) in [4.78, 5) is 22.6. The summed E-state index contributed by atoms with van der Waals surface area (Å²) in [6.45, 7) is 5.53. The van der Waals surface area contributed by atoms with Gasteiger partial charge in [0.15, 0.2) is 5.78 Å². The van der Waals surface area contributed by atoms with E-state index in [4.69, 9.17) is 10.7 Å². The minimum absolute atomic E-state index is 0.0819. The Kier molecular flexibility index (Phi) is 4.70. The lowest BCUT2D eigenvalue weighted by molar-refractivity contribution is -0.117. The number of aryl methyl sites for hydroxylation is 2. The van der Waals surface area contributed by atoms with Gasteiger partial charge < -0.3 is 5.41 Å². The number of nitrogens with one attached hydrogen (secondary N) is 1. The van der Waals surface area contributed by atoms with Gasteiger partial charge in [-0.25, -0.2) is 9.97 Å². The molecule has 0 unspecified atom stereocenters. The van der Waals surface area contributed by atoms with Crippen LogP contribution in [0.2, 0.25) is 0 Å². The fraction of sp³-hybridized carbons (Fsp3) is 0.357. The lowest BCUT2D eigenvalue weighted by Gasteiger charge is -2.06. The molecule has 0 aliphatic carbocycles. The van der Waals surface area contributed by atoms with Crippen molar-refractivity contribution >= 4 is 44.8 Å². The van der Waals surface area contributed by atoms with Gasteiger partial charge in [0.1, 0.15) is 22.1 Å². The summed E-state index contributed by atoms with van der Waals surface area (Å²) >= 11 is 2.91. The molecule has 0 aromatic carbocycles. The van der Waals surface area contributed by atoms with Gasteiger partial charge in [0.25, 0.3) is 0 Å². The predicted octanol–water partition coefficient (Wildman–Crippen LogP) is 3.15. The molecular formula is C14H14N4OS2. The van der Waals surface area contributed by atoms with Crippen LogP contribution in [0.25, 0.3) is 10.2 Å². The van der Waals surface area contributed by atoms with Crippen molar-refractivity contribution < 1.29 is 4.79 Å². The number of hydrogen-bond acceptors (Lipinski definition) is 7. The number of thiophene rings is 1. The fourth-order valence-corrected chi connectivity index (χ4v) is 3.92. The number of nitriles is 1. The van der Waals surface area contributed by atoms with Crippen molar-refractivity contribution in [3.05, 3.63) is 16.8 Å². The number of aromatic nitrogens is 2. The second kappa shape index (κ2) is 6.33. The van der Waals surface area contributed by atoms with Gasteiger partial charge in [-0.1, -0.05) is 11.8 Å². The first-order valence-electron chi connectivity index (χ1n) is 6.26. The second-order valence-electron chi connectivity index (χ2n) is 4.64. The van der Waals surface area contributed by atoms with Crippen molar-refractivity contribution in [3.63, 3.8) is 0 Å².